The van der Waals surface area contributed by atoms with Crippen LogP contribution < -0.4 is 4.74 Å². The molecule has 4 rings (SSSR count). The van der Waals surface area contributed by atoms with Crippen LogP contribution in [0.25, 0.3) is 11.1 Å². The van der Waals surface area contributed by atoms with Crippen LogP contribution >= 0.6 is 0 Å². The summed E-state index contributed by atoms with van der Waals surface area (Å²) in [6.45, 7) is 3.64. The summed E-state index contributed by atoms with van der Waals surface area (Å²) >= 11 is 0. The minimum atomic E-state index is -1.33. The van der Waals surface area contributed by atoms with Crippen molar-refractivity contribution in [1.82, 2.24) is 0 Å². The Bertz CT molecular complexity index is 952. The molecule has 0 aliphatic heterocycles. The first-order chi connectivity index (χ1) is 17.4. The van der Waals surface area contributed by atoms with E-state index >= 15 is 0 Å². The van der Waals surface area contributed by atoms with E-state index < -0.39 is 30.1 Å². The molecule has 198 valence electrons. The van der Waals surface area contributed by atoms with E-state index in [1.807, 2.05) is 6.07 Å². The van der Waals surface area contributed by atoms with Gasteiger partial charge in [0.25, 0.3) is 0 Å². The standard InChI is InChI=1S/C28H34F4O.C2H3F/c1-2-3-18-4-6-19(7-5-18)20-8-10-21(11-9-20)22-12-13-24(25(30)14-22)23-15-26(31)28(33-17-29)27(32)16-23;1-2-3/h12-16,18-21H,2-11,17H2,1H3;2H,1H2. The molecule has 2 aromatic rings. The first-order valence-corrected chi connectivity index (χ1v) is 13.1. The van der Waals surface area contributed by atoms with Crippen molar-refractivity contribution in [2.75, 3.05) is 6.86 Å². The Hall–Kier alpha value is -2.37. The Balaban J connectivity index is 0.00000115. The topological polar surface area (TPSA) is 9.23 Å². The van der Waals surface area contributed by atoms with Crippen LogP contribution in [0.2, 0.25) is 0 Å². The highest BCUT2D eigenvalue weighted by Gasteiger charge is 2.31. The highest BCUT2D eigenvalue weighted by Crippen LogP contribution is 2.45. The summed E-state index contributed by atoms with van der Waals surface area (Å²) in [6, 6.07) is 6.94. The van der Waals surface area contributed by atoms with Gasteiger partial charge in [-0.1, -0.05) is 51.3 Å². The van der Waals surface area contributed by atoms with Gasteiger partial charge < -0.3 is 4.74 Å². The summed E-state index contributed by atoms with van der Waals surface area (Å²) < 4.78 is 69.8. The molecule has 1 nitrogen and oxygen atoms in total. The number of ether oxygens (including phenoxy) is 1. The smallest absolute Gasteiger partial charge is 0.228 e. The zero-order valence-electron chi connectivity index (χ0n) is 21.1. The summed E-state index contributed by atoms with van der Waals surface area (Å²) in [4.78, 5) is 0. The van der Waals surface area contributed by atoms with Crippen LogP contribution in [-0.2, 0) is 0 Å². The van der Waals surface area contributed by atoms with Crippen molar-refractivity contribution in [2.24, 2.45) is 17.8 Å². The summed E-state index contributed by atoms with van der Waals surface area (Å²) in [7, 11) is 0. The lowest BCUT2D eigenvalue weighted by molar-refractivity contribution is 0.156. The summed E-state index contributed by atoms with van der Waals surface area (Å²) in [5.41, 5.74) is 1.16. The molecule has 2 saturated carbocycles. The zero-order chi connectivity index (χ0) is 26.1. The minimum Gasteiger partial charge on any atom is -0.457 e. The minimum absolute atomic E-state index is 0.0719. The second-order valence-electron chi connectivity index (χ2n) is 10.1. The normalized spacial score (nSPS) is 23.9. The quantitative estimate of drug-likeness (QED) is 0.338. The van der Waals surface area contributed by atoms with Gasteiger partial charge in [-0.05, 0) is 91.5 Å². The molecule has 0 bridgehead atoms. The van der Waals surface area contributed by atoms with Crippen LogP contribution in [0, 0.1) is 35.2 Å². The van der Waals surface area contributed by atoms with E-state index in [9.17, 15) is 22.0 Å². The third-order valence-corrected chi connectivity index (χ3v) is 8.00. The number of benzene rings is 2. The van der Waals surface area contributed by atoms with Gasteiger partial charge in [0.2, 0.25) is 6.86 Å². The van der Waals surface area contributed by atoms with Crippen LogP contribution in [-0.4, -0.2) is 6.86 Å². The van der Waals surface area contributed by atoms with Crippen molar-refractivity contribution >= 4 is 0 Å². The molecular weight excluding hydrogens is 471 g/mol. The summed E-state index contributed by atoms with van der Waals surface area (Å²) in [5, 5.41) is 0. The highest BCUT2D eigenvalue weighted by molar-refractivity contribution is 5.66. The Morgan fingerprint density at radius 2 is 1.42 bits per heavy atom. The molecule has 2 aromatic carbocycles. The van der Waals surface area contributed by atoms with Crippen LogP contribution in [0.3, 0.4) is 0 Å². The van der Waals surface area contributed by atoms with Crippen molar-refractivity contribution in [3.05, 3.63) is 66.3 Å². The van der Waals surface area contributed by atoms with Crippen molar-refractivity contribution in [2.45, 2.75) is 77.0 Å². The van der Waals surface area contributed by atoms with E-state index in [4.69, 9.17) is 0 Å². The fourth-order valence-electron chi connectivity index (χ4n) is 6.21. The van der Waals surface area contributed by atoms with Gasteiger partial charge in [-0.15, -0.1) is 0 Å². The first kappa shape index (κ1) is 28.2. The lowest BCUT2D eigenvalue weighted by Crippen LogP contribution is -2.25. The summed E-state index contributed by atoms with van der Waals surface area (Å²) in [5.74, 6) is -0.471. The number of halogens is 5. The van der Waals surface area contributed by atoms with Crippen molar-refractivity contribution in [3.63, 3.8) is 0 Å². The fraction of sp³-hybridized carbons (Fsp3) is 0.533. The maximum Gasteiger partial charge on any atom is 0.228 e. The Labute approximate surface area is 211 Å². The Morgan fingerprint density at radius 1 is 0.861 bits per heavy atom. The number of hydrogen-bond donors (Lipinski definition) is 0. The van der Waals surface area contributed by atoms with Gasteiger partial charge in [-0.2, -0.15) is 0 Å². The average Bonchev–Trinajstić information content (AvgIpc) is 2.87. The van der Waals surface area contributed by atoms with Gasteiger partial charge in [0.1, 0.15) is 5.82 Å². The van der Waals surface area contributed by atoms with Gasteiger partial charge in [0, 0.05) is 5.56 Å². The first-order valence-electron chi connectivity index (χ1n) is 13.1. The molecule has 0 saturated heterocycles. The molecule has 36 heavy (non-hydrogen) atoms. The third-order valence-electron chi connectivity index (χ3n) is 8.00. The SMILES string of the molecule is C=CF.CCCC1CCC(C2CCC(c3ccc(-c4cc(F)c(OCF)c(F)c4)c(F)c3)CC2)CC1. The largest absolute Gasteiger partial charge is 0.457 e. The molecular formula is C30H37F5O. The van der Waals surface area contributed by atoms with E-state index in [0.717, 1.165) is 48.3 Å². The van der Waals surface area contributed by atoms with Gasteiger partial charge in [0.05, 0.1) is 6.33 Å². The zero-order valence-corrected chi connectivity index (χ0v) is 21.1. The van der Waals surface area contributed by atoms with E-state index in [-0.39, 0.29) is 17.5 Å². The van der Waals surface area contributed by atoms with Crippen LogP contribution in [0.4, 0.5) is 22.0 Å². The third kappa shape index (κ3) is 7.10. The molecule has 0 atom stereocenters. The number of hydrogen-bond acceptors (Lipinski definition) is 1. The molecule has 2 aliphatic carbocycles. The number of rotatable bonds is 7. The lowest BCUT2D eigenvalue weighted by Gasteiger charge is -2.38. The molecule has 2 aliphatic rings. The van der Waals surface area contributed by atoms with E-state index in [1.54, 1.807) is 6.07 Å². The van der Waals surface area contributed by atoms with E-state index in [2.05, 4.69) is 18.2 Å². The van der Waals surface area contributed by atoms with E-state index in [0.29, 0.717) is 5.92 Å². The monoisotopic (exact) mass is 508 g/mol. The molecule has 0 aromatic heterocycles. The van der Waals surface area contributed by atoms with Crippen LogP contribution in [0.1, 0.15) is 82.6 Å². The lowest BCUT2D eigenvalue weighted by atomic mass is 9.68. The molecule has 0 heterocycles. The molecule has 6 heteroatoms. The molecule has 0 N–H and O–H groups in total. The fourth-order valence-corrected chi connectivity index (χ4v) is 6.21. The highest BCUT2D eigenvalue weighted by atomic mass is 19.2. The van der Waals surface area contributed by atoms with Crippen LogP contribution in [0.15, 0.2) is 43.2 Å². The van der Waals surface area contributed by atoms with Crippen LogP contribution in [0.5, 0.6) is 5.75 Å². The summed E-state index contributed by atoms with van der Waals surface area (Å²) in [6.07, 6.45) is 12.9. The predicted molar refractivity (Wildman–Crippen MR) is 135 cm³/mol. The molecule has 0 unspecified atom stereocenters. The van der Waals surface area contributed by atoms with Gasteiger partial charge in [0.15, 0.2) is 17.4 Å². The molecule has 0 amide bonds. The second-order valence-corrected chi connectivity index (χ2v) is 10.1. The Kier molecular flexibility index (Phi) is 10.8. The number of alkyl halides is 1. The molecule has 0 spiro atoms. The molecule has 0 radical (unpaired) electrons. The van der Waals surface area contributed by atoms with Gasteiger partial charge in [-0.25, -0.2) is 22.0 Å². The molecule has 2 fully saturated rings. The average molecular weight is 509 g/mol. The Morgan fingerprint density at radius 3 is 1.92 bits per heavy atom. The van der Waals surface area contributed by atoms with E-state index in [1.165, 1.54) is 57.4 Å². The predicted octanol–water partition coefficient (Wildman–Crippen LogP) is 10.1. The van der Waals surface area contributed by atoms with Gasteiger partial charge in [-0.3, -0.25) is 0 Å². The van der Waals surface area contributed by atoms with Crippen molar-refractivity contribution in [3.8, 4) is 16.9 Å². The maximum absolute atomic E-state index is 14.9. The van der Waals surface area contributed by atoms with Crippen molar-refractivity contribution in [1.29, 1.82) is 0 Å². The van der Waals surface area contributed by atoms with Crippen molar-refractivity contribution < 1.29 is 26.7 Å². The second kappa shape index (κ2) is 13.8. The van der Waals surface area contributed by atoms with Gasteiger partial charge >= 0.3 is 0 Å². The maximum atomic E-state index is 14.9.